The molecule has 1 atom stereocenters. The number of carbonyl (C=O) groups excluding carboxylic acids is 1. The van der Waals surface area contributed by atoms with Crippen LogP contribution in [0.5, 0.6) is 0 Å². The lowest BCUT2D eigenvalue weighted by Crippen LogP contribution is -2.38. The topological polar surface area (TPSA) is 41.1 Å². The second kappa shape index (κ2) is 5.45. The first-order chi connectivity index (χ1) is 8.19. The van der Waals surface area contributed by atoms with Crippen LogP contribution in [0, 0.1) is 0 Å². The minimum absolute atomic E-state index is 0.0852. The highest BCUT2D eigenvalue weighted by molar-refractivity contribution is 7.98. The Kier molecular flexibility index (Phi) is 3.94. The van der Waals surface area contributed by atoms with Crippen molar-refractivity contribution in [3.63, 3.8) is 0 Å². The fraction of sp³-hybridized carbons (Fsp3) is 0.462. The van der Waals surface area contributed by atoms with E-state index in [0.29, 0.717) is 6.04 Å². The van der Waals surface area contributed by atoms with Crippen LogP contribution in [-0.2, 0) is 4.79 Å². The maximum absolute atomic E-state index is 11.8. The number of rotatable bonds is 5. The Hall–Kier alpha value is -1.16. The summed E-state index contributed by atoms with van der Waals surface area (Å²) in [6.45, 7) is 1.89. The van der Waals surface area contributed by atoms with Crippen molar-refractivity contribution >= 4 is 23.4 Å². The molecule has 0 radical (unpaired) electrons. The molecule has 1 unspecified atom stereocenters. The van der Waals surface area contributed by atoms with Crippen molar-refractivity contribution in [1.82, 2.24) is 5.32 Å². The second-order valence-electron chi connectivity index (χ2n) is 4.38. The van der Waals surface area contributed by atoms with Gasteiger partial charge in [-0.05, 0) is 44.2 Å². The summed E-state index contributed by atoms with van der Waals surface area (Å²) in [6, 6.07) is 8.34. The molecule has 0 heterocycles. The fourth-order valence-electron chi connectivity index (χ4n) is 1.58. The van der Waals surface area contributed by atoms with Gasteiger partial charge in [-0.2, -0.15) is 0 Å². The molecule has 17 heavy (non-hydrogen) atoms. The van der Waals surface area contributed by atoms with Crippen molar-refractivity contribution in [2.45, 2.75) is 36.7 Å². The lowest BCUT2D eigenvalue weighted by molar-refractivity contribution is -0.121. The Balaban J connectivity index is 1.91. The summed E-state index contributed by atoms with van der Waals surface area (Å²) < 4.78 is 0. The molecule has 1 amide bonds. The summed E-state index contributed by atoms with van der Waals surface area (Å²) in [5, 5.41) is 6.22. The molecule has 0 bridgehead atoms. The van der Waals surface area contributed by atoms with Crippen LogP contribution in [0.4, 0.5) is 5.69 Å². The lowest BCUT2D eigenvalue weighted by Gasteiger charge is -2.15. The highest BCUT2D eigenvalue weighted by Crippen LogP contribution is 2.21. The van der Waals surface area contributed by atoms with Crippen molar-refractivity contribution in [2.75, 3.05) is 11.6 Å². The van der Waals surface area contributed by atoms with Gasteiger partial charge in [0.25, 0.3) is 0 Å². The van der Waals surface area contributed by atoms with E-state index in [0.717, 1.165) is 18.5 Å². The van der Waals surface area contributed by atoms with Gasteiger partial charge >= 0.3 is 0 Å². The Labute approximate surface area is 106 Å². The molecule has 3 nitrogen and oxygen atoms in total. The Morgan fingerprint density at radius 1 is 1.47 bits per heavy atom. The smallest absolute Gasteiger partial charge is 0.242 e. The molecule has 1 aromatic carbocycles. The van der Waals surface area contributed by atoms with Crippen LogP contribution in [0.15, 0.2) is 29.2 Å². The molecule has 1 aliphatic rings. The standard InChI is InChI=1S/C13H18N2OS/c1-9(13(16)15-10-6-7-10)14-11-4-3-5-12(8-11)17-2/h3-5,8-10,14H,6-7H2,1-2H3,(H,15,16). The minimum Gasteiger partial charge on any atom is -0.374 e. The van der Waals surface area contributed by atoms with Crippen LogP contribution >= 0.6 is 11.8 Å². The van der Waals surface area contributed by atoms with E-state index in [1.54, 1.807) is 11.8 Å². The number of benzene rings is 1. The normalized spacial score (nSPS) is 16.4. The van der Waals surface area contributed by atoms with Gasteiger partial charge in [-0.1, -0.05) is 6.07 Å². The first kappa shape index (κ1) is 12.3. The molecule has 92 valence electrons. The van der Waals surface area contributed by atoms with Crippen molar-refractivity contribution in [2.24, 2.45) is 0 Å². The monoisotopic (exact) mass is 250 g/mol. The van der Waals surface area contributed by atoms with E-state index in [9.17, 15) is 4.79 Å². The quantitative estimate of drug-likeness (QED) is 0.789. The third-order valence-corrected chi connectivity index (χ3v) is 3.50. The molecule has 0 saturated heterocycles. The van der Waals surface area contributed by atoms with Crippen LogP contribution in [0.2, 0.25) is 0 Å². The highest BCUT2D eigenvalue weighted by Gasteiger charge is 2.25. The van der Waals surface area contributed by atoms with Crippen LogP contribution < -0.4 is 10.6 Å². The SMILES string of the molecule is CSc1cccc(NC(C)C(=O)NC2CC2)c1. The zero-order chi connectivity index (χ0) is 12.3. The molecular weight excluding hydrogens is 232 g/mol. The summed E-state index contributed by atoms with van der Waals surface area (Å²) >= 11 is 1.70. The van der Waals surface area contributed by atoms with Crippen molar-refractivity contribution in [3.8, 4) is 0 Å². The zero-order valence-electron chi connectivity index (χ0n) is 10.2. The molecule has 0 spiro atoms. The predicted molar refractivity (Wildman–Crippen MR) is 72.5 cm³/mol. The summed E-state index contributed by atoms with van der Waals surface area (Å²) in [7, 11) is 0. The molecule has 0 aliphatic heterocycles. The molecule has 4 heteroatoms. The maximum Gasteiger partial charge on any atom is 0.242 e. The van der Waals surface area contributed by atoms with E-state index in [4.69, 9.17) is 0 Å². The molecule has 1 fully saturated rings. The van der Waals surface area contributed by atoms with Gasteiger partial charge in [0, 0.05) is 16.6 Å². The van der Waals surface area contributed by atoms with Crippen LogP contribution in [0.3, 0.4) is 0 Å². The first-order valence-corrected chi connectivity index (χ1v) is 7.12. The van der Waals surface area contributed by atoms with E-state index in [1.165, 1.54) is 4.90 Å². The third-order valence-electron chi connectivity index (χ3n) is 2.77. The number of nitrogens with one attached hydrogen (secondary N) is 2. The van der Waals surface area contributed by atoms with Gasteiger partial charge in [0.2, 0.25) is 5.91 Å². The van der Waals surface area contributed by atoms with E-state index >= 15 is 0 Å². The largest absolute Gasteiger partial charge is 0.374 e. The number of hydrogen-bond donors (Lipinski definition) is 2. The molecule has 1 aliphatic carbocycles. The van der Waals surface area contributed by atoms with Gasteiger partial charge < -0.3 is 10.6 Å². The minimum atomic E-state index is -0.187. The Morgan fingerprint density at radius 3 is 2.88 bits per heavy atom. The average Bonchev–Trinajstić information content (AvgIpc) is 3.13. The van der Waals surface area contributed by atoms with E-state index < -0.39 is 0 Å². The van der Waals surface area contributed by atoms with Crippen molar-refractivity contribution < 1.29 is 4.79 Å². The highest BCUT2D eigenvalue weighted by atomic mass is 32.2. The fourth-order valence-corrected chi connectivity index (χ4v) is 2.04. The van der Waals surface area contributed by atoms with Gasteiger partial charge in [0.15, 0.2) is 0 Å². The number of thioether (sulfide) groups is 1. The molecule has 2 N–H and O–H groups in total. The van der Waals surface area contributed by atoms with Gasteiger partial charge in [-0.3, -0.25) is 4.79 Å². The van der Waals surface area contributed by atoms with Crippen LogP contribution in [-0.4, -0.2) is 24.2 Å². The molecule has 0 aromatic heterocycles. The van der Waals surface area contributed by atoms with Crippen molar-refractivity contribution in [1.29, 1.82) is 0 Å². The van der Waals surface area contributed by atoms with E-state index in [-0.39, 0.29) is 11.9 Å². The molecular formula is C13H18N2OS. The number of carbonyl (C=O) groups is 1. The molecule has 2 rings (SSSR count). The summed E-state index contributed by atoms with van der Waals surface area (Å²) in [6.07, 6.45) is 4.29. The van der Waals surface area contributed by atoms with Crippen molar-refractivity contribution in [3.05, 3.63) is 24.3 Å². The maximum atomic E-state index is 11.8. The molecule has 1 aromatic rings. The number of anilines is 1. The van der Waals surface area contributed by atoms with Gasteiger partial charge in [-0.25, -0.2) is 0 Å². The Bertz CT molecular complexity index is 404. The van der Waals surface area contributed by atoms with Crippen LogP contribution in [0.25, 0.3) is 0 Å². The van der Waals surface area contributed by atoms with Gasteiger partial charge in [0.05, 0.1) is 0 Å². The lowest BCUT2D eigenvalue weighted by atomic mass is 10.2. The second-order valence-corrected chi connectivity index (χ2v) is 5.26. The number of hydrogen-bond acceptors (Lipinski definition) is 3. The predicted octanol–water partition coefficient (Wildman–Crippen LogP) is 2.49. The first-order valence-electron chi connectivity index (χ1n) is 5.90. The zero-order valence-corrected chi connectivity index (χ0v) is 11.0. The summed E-state index contributed by atoms with van der Waals surface area (Å²) in [4.78, 5) is 13.0. The van der Waals surface area contributed by atoms with Crippen LogP contribution in [0.1, 0.15) is 19.8 Å². The third kappa shape index (κ3) is 3.66. The number of amides is 1. The van der Waals surface area contributed by atoms with Gasteiger partial charge in [-0.15, -0.1) is 11.8 Å². The average molecular weight is 250 g/mol. The summed E-state index contributed by atoms with van der Waals surface area (Å²) in [5.74, 6) is 0.0852. The summed E-state index contributed by atoms with van der Waals surface area (Å²) in [5.41, 5.74) is 0.996. The van der Waals surface area contributed by atoms with E-state index in [1.807, 2.05) is 25.3 Å². The van der Waals surface area contributed by atoms with E-state index in [2.05, 4.69) is 22.8 Å². The Morgan fingerprint density at radius 2 is 2.24 bits per heavy atom. The van der Waals surface area contributed by atoms with Gasteiger partial charge in [0.1, 0.15) is 6.04 Å². The molecule has 1 saturated carbocycles.